The van der Waals surface area contributed by atoms with Crippen LogP contribution in [0.25, 0.3) is 0 Å². The zero-order chi connectivity index (χ0) is 24.3. The van der Waals surface area contributed by atoms with Gasteiger partial charge < -0.3 is 15.1 Å². The average Bonchev–Trinajstić information content (AvgIpc) is 3.37. The van der Waals surface area contributed by atoms with Crippen LogP contribution in [0.4, 0.5) is 4.79 Å². The van der Waals surface area contributed by atoms with Crippen LogP contribution >= 0.6 is 11.3 Å². The smallest absolute Gasteiger partial charge is 0.325 e. The number of urea groups is 1. The second-order valence-corrected chi connectivity index (χ2v) is 10.6. The number of imide groups is 1. The van der Waals surface area contributed by atoms with Crippen molar-refractivity contribution >= 4 is 29.2 Å². The van der Waals surface area contributed by atoms with E-state index in [1.807, 2.05) is 60.5 Å². The van der Waals surface area contributed by atoms with Crippen LogP contribution in [-0.2, 0) is 11.2 Å². The van der Waals surface area contributed by atoms with Crippen LogP contribution in [0.5, 0.6) is 0 Å². The van der Waals surface area contributed by atoms with Gasteiger partial charge in [-0.1, -0.05) is 30.3 Å². The number of rotatable bonds is 8. The van der Waals surface area contributed by atoms with Crippen molar-refractivity contribution in [2.45, 2.75) is 38.1 Å². The second kappa shape index (κ2) is 10.3. The molecule has 2 aliphatic rings. The van der Waals surface area contributed by atoms with E-state index in [1.54, 1.807) is 0 Å². The number of benzene rings is 1. The standard InChI is InChI=1S/C26H34N4O3S/c1-19-12-18-34-22(19)23(31)29-14-10-21(11-15-29)26(13-9-20-7-5-4-6-8-20)24(32)30(25(33)27-26)17-16-28(2)3/h4-8,12,18,21H,9-11,13-17H2,1-3H3,(H,27,33)/t26-/m0/s1. The zero-order valence-corrected chi connectivity index (χ0v) is 21.1. The third-order valence-corrected chi connectivity index (χ3v) is 8.16. The Bertz CT molecular complexity index is 1030. The molecule has 4 amide bonds. The summed E-state index contributed by atoms with van der Waals surface area (Å²) in [5, 5.41) is 5.08. The third-order valence-electron chi connectivity index (χ3n) is 7.16. The Kier molecular flexibility index (Phi) is 7.38. The highest BCUT2D eigenvalue weighted by Crippen LogP contribution is 2.37. The van der Waals surface area contributed by atoms with Gasteiger partial charge in [0.15, 0.2) is 0 Å². The van der Waals surface area contributed by atoms with Gasteiger partial charge >= 0.3 is 6.03 Å². The van der Waals surface area contributed by atoms with E-state index in [0.29, 0.717) is 51.9 Å². The molecule has 4 rings (SSSR count). The van der Waals surface area contributed by atoms with Crippen molar-refractivity contribution in [1.82, 2.24) is 20.0 Å². The lowest BCUT2D eigenvalue weighted by molar-refractivity contribution is -0.134. The Hall–Kier alpha value is -2.71. The zero-order valence-electron chi connectivity index (χ0n) is 20.3. The van der Waals surface area contributed by atoms with Gasteiger partial charge in [0.05, 0.1) is 4.88 Å². The fourth-order valence-electron chi connectivity index (χ4n) is 5.10. The molecule has 182 valence electrons. The predicted molar refractivity (Wildman–Crippen MR) is 134 cm³/mol. The highest BCUT2D eigenvalue weighted by molar-refractivity contribution is 7.12. The third kappa shape index (κ3) is 4.88. The normalized spacial score (nSPS) is 21.4. The summed E-state index contributed by atoms with van der Waals surface area (Å²) in [4.78, 5) is 45.8. The van der Waals surface area contributed by atoms with Crippen molar-refractivity contribution in [1.29, 1.82) is 0 Å². The molecular formula is C26H34N4O3S. The van der Waals surface area contributed by atoms with E-state index in [4.69, 9.17) is 0 Å². The molecule has 1 N–H and O–H groups in total. The Morgan fingerprint density at radius 3 is 2.47 bits per heavy atom. The molecule has 0 radical (unpaired) electrons. The molecule has 0 bridgehead atoms. The van der Waals surface area contributed by atoms with E-state index in [2.05, 4.69) is 17.4 Å². The highest BCUT2D eigenvalue weighted by Gasteiger charge is 2.55. The first-order chi connectivity index (χ1) is 16.3. The Labute approximate surface area is 205 Å². The van der Waals surface area contributed by atoms with Crippen molar-refractivity contribution in [2.75, 3.05) is 40.3 Å². The number of carbonyl (C=O) groups excluding carboxylic acids is 3. The monoisotopic (exact) mass is 482 g/mol. The molecule has 7 nitrogen and oxygen atoms in total. The van der Waals surface area contributed by atoms with E-state index < -0.39 is 5.54 Å². The molecule has 0 spiro atoms. The summed E-state index contributed by atoms with van der Waals surface area (Å²) in [5.74, 6) is -0.0571. The number of piperidine rings is 1. The molecule has 0 saturated carbocycles. The van der Waals surface area contributed by atoms with Crippen LogP contribution in [0.2, 0.25) is 0 Å². The Morgan fingerprint density at radius 2 is 1.85 bits per heavy atom. The van der Waals surface area contributed by atoms with Gasteiger partial charge in [-0.15, -0.1) is 11.3 Å². The highest BCUT2D eigenvalue weighted by atomic mass is 32.1. The molecule has 1 atom stereocenters. The van der Waals surface area contributed by atoms with Crippen LogP contribution in [0, 0.1) is 12.8 Å². The maximum atomic E-state index is 13.8. The van der Waals surface area contributed by atoms with Crippen LogP contribution in [-0.4, -0.2) is 78.4 Å². The number of amides is 4. The topological polar surface area (TPSA) is 73.0 Å². The number of carbonyl (C=O) groups is 3. The summed E-state index contributed by atoms with van der Waals surface area (Å²) < 4.78 is 0. The van der Waals surface area contributed by atoms with Gasteiger partial charge in [0.2, 0.25) is 0 Å². The minimum atomic E-state index is -0.923. The Morgan fingerprint density at radius 1 is 1.15 bits per heavy atom. The number of likely N-dealkylation sites (tertiary alicyclic amines) is 1. The van der Waals surface area contributed by atoms with Crippen LogP contribution < -0.4 is 5.32 Å². The van der Waals surface area contributed by atoms with E-state index in [1.165, 1.54) is 16.2 Å². The first kappa shape index (κ1) is 24.4. The van der Waals surface area contributed by atoms with Crippen molar-refractivity contribution in [2.24, 2.45) is 5.92 Å². The molecular weight excluding hydrogens is 448 g/mol. The summed E-state index contributed by atoms with van der Waals surface area (Å²) >= 11 is 1.48. The summed E-state index contributed by atoms with van der Waals surface area (Å²) in [7, 11) is 3.87. The Balaban J connectivity index is 1.52. The quantitative estimate of drug-likeness (QED) is 0.586. The minimum absolute atomic E-state index is 0.00880. The average molecular weight is 483 g/mol. The van der Waals surface area contributed by atoms with Gasteiger partial charge in [0.1, 0.15) is 5.54 Å². The van der Waals surface area contributed by atoms with Crippen molar-refractivity contribution in [3.05, 3.63) is 57.8 Å². The first-order valence-electron chi connectivity index (χ1n) is 12.0. The van der Waals surface area contributed by atoms with Crippen LogP contribution in [0.1, 0.15) is 40.1 Å². The number of aryl methyl sites for hydroxylation is 2. The van der Waals surface area contributed by atoms with Gasteiger partial charge in [-0.3, -0.25) is 14.5 Å². The number of nitrogens with one attached hydrogen (secondary N) is 1. The van der Waals surface area contributed by atoms with Gasteiger partial charge in [-0.05, 0) is 75.2 Å². The summed E-state index contributed by atoms with van der Waals surface area (Å²) in [6, 6.07) is 11.8. The first-order valence-corrected chi connectivity index (χ1v) is 12.9. The van der Waals surface area contributed by atoms with Gasteiger partial charge in [0.25, 0.3) is 11.8 Å². The number of hydrogen-bond acceptors (Lipinski definition) is 5. The maximum absolute atomic E-state index is 13.8. The lowest BCUT2D eigenvalue weighted by Gasteiger charge is -2.41. The molecule has 2 aromatic rings. The van der Waals surface area contributed by atoms with Crippen molar-refractivity contribution in [3.63, 3.8) is 0 Å². The summed E-state index contributed by atoms with van der Waals surface area (Å²) in [6.07, 6.45) is 2.65. The second-order valence-electron chi connectivity index (χ2n) is 9.65. The molecule has 2 fully saturated rings. The van der Waals surface area contributed by atoms with Crippen LogP contribution in [0.3, 0.4) is 0 Å². The van der Waals surface area contributed by atoms with E-state index in [-0.39, 0.29) is 23.8 Å². The fraction of sp³-hybridized carbons (Fsp3) is 0.500. The maximum Gasteiger partial charge on any atom is 0.325 e. The van der Waals surface area contributed by atoms with Crippen molar-refractivity contribution < 1.29 is 14.4 Å². The van der Waals surface area contributed by atoms with E-state index in [0.717, 1.165) is 16.0 Å². The van der Waals surface area contributed by atoms with Gasteiger partial charge in [0, 0.05) is 26.2 Å². The van der Waals surface area contributed by atoms with Gasteiger partial charge in [-0.25, -0.2) is 4.79 Å². The summed E-state index contributed by atoms with van der Waals surface area (Å²) in [6.45, 7) is 4.15. The minimum Gasteiger partial charge on any atom is -0.338 e. The molecule has 34 heavy (non-hydrogen) atoms. The fourth-order valence-corrected chi connectivity index (χ4v) is 5.99. The summed E-state index contributed by atoms with van der Waals surface area (Å²) in [5.41, 5.74) is 1.23. The predicted octanol–water partition coefficient (Wildman–Crippen LogP) is 3.39. The van der Waals surface area contributed by atoms with E-state index >= 15 is 0 Å². The molecule has 2 saturated heterocycles. The molecule has 8 heteroatoms. The lowest BCUT2D eigenvalue weighted by Crippen LogP contribution is -2.57. The molecule has 0 unspecified atom stereocenters. The number of nitrogens with zero attached hydrogens (tertiary/aromatic N) is 3. The molecule has 3 heterocycles. The van der Waals surface area contributed by atoms with Gasteiger partial charge in [-0.2, -0.15) is 0 Å². The SMILES string of the molecule is Cc1ccsc1C(=O)N1CCC([C@]2(CCc3ccccc3)NC(=O)N(CCN(C)C)C2=O)CC1. The van der Waals surface area contributed by atoms with Crippen LogP contribution in [0.15, 0.2) is 41.8 Å². The largest absolute Gasteiger partial charge is 0.338 e. The number of thiophene rings is 1. The van der Waals surface area contributed by atoms with Crippen molar-refractivity contribution in [3.8, 4) is 0 Å². The molecule has 0 aliphatic carbocycles. The number of likely N-dealkylation sites (N-methyl/N-ethyl adjacent to an activating group) is 1. The lowest BCUT2D eigenvalue weighted by atomic mass is 9.74. The molecule has 2 aliphatic heterocycles. The number of hydrogen-bond donors (Lipinski definition) is 1. The molecule has 1 aromatic carbocycles. The molecule has 1 aromatic heterocycles. The van der Waals surface area contributed by atoms with E-state index in [9.17, 15) is 14.4 Å².